The zero-order chi connectivity index (χ0) is 16.2. The molecule has 3 rings (SSSR count). The van der Waals surface area contributed by atoms with Crippen molar-refractivity contribution in [3.63, 3.8) is 0 Å². The van der Waals surface area contributed by atoms with Gasteiger partial charge in [0.1, 0.15) is 17.8 Å². The molecule has 1 aromatic heterocycles. The van der Waals surface area contributed by atoms with Crippen molar-refractivity contribution in [3.8, 4) is 5.75 Å². The van der Waals surface area contributed by atoms with Crippen molar-refractivity contribution < 1.29 is 19.1 Å². The number of ether oxygens (including phenoxy) is 2. The molecule has 0 saturated carbocycles. The molecule has 1 aliphatic heterocycles. The van der Waals surface area contributed by atoms with Crippen LogP contribution in [-0.2, 0) is 20.9 Å². The predicted molar refractivity (Wildman–Crippen MR) is 86.0 cm³/mol. The van der Waals surface area contributed by atoms with Crippen LogP contribution in [0.15, 0.2) is 47.1 Å². The third-order valence-electron chi connectivity index (χ3n) is 3.24. The first-order valence-corrected chi connectivity index (χ1v) is 7.72. The molecular formula is C16H13BrN2O4. The van der Waals surface area contributed by atoms with Gasteiger partial charge in [-0.1, -0.05) is 30.3 Å². The first-order valence-electron chi connectivity index (χ1n) is 6.93. The van der Waals surface area contributed by atoms with Gasteiger partial charge in [-0.25, -0.2) is 4.98 Å². The number of benzene rings is 1. The first-order chi connectivity index (χ1) is 11.1. The maximum atomic E-state index is 12.0. The largest absolute Gasteiger partial charge is 0.480 e. The van der Waals surface area contributed by atoms with Gasteiger partial charge in [0.25, 0.3) is 5.91 Å². The maximum Gasteiger partial charge on any atom is 0.326 e. The van der Waals surface area contributed by atoms with Gasteiger partial charge in [-0.15, -0.1) is 0 Å². The summed E-state index contributed by atoms with van der Waals surface area (Å²) in [5, 5.41) is 0. The highest BCUT2D eigenvalue weighted by Gasteiger charge is 2.29. The van der Waals surface area contributed by atoms with Crippen LogP contribution < -0.4 is 9.64 Å². The Balaban J connectivity index is 1.68. The fourth-order valence-corrected chi connectivity index (χ4v) is 2.43. The average molecular weight is 377 g/mol. The van der Waals surface area contributed by atoms with Crippen molar-refractivity contribution in [3.05, 3.63) is 52.6 Å². The predicted octanol–water partition coefficient (Wildman–Crippen LogP) is 2.31. The van der Waals surface area contributed by atoms with E-state index in [2.05, 4.69) is 20.9 Å². The van der Waals surface area contributed by atoms with E-state index < -0.39 is 5.97 Å². The van der Waals surface area contributed by atoms with E-state index >= 15 is 0 Å². The molecule has 2 heterocycles. The van der Waals surface area contributed by atoms with Gasteiger partial charge in [0.15, 0.2) is 18.2 Å². The number of aromatic nitrogens is 1. The molecule has 0 unspecified atom stereocenters. The molecule has 0 bridgehead atoms. The number of rotatable bonds is 4. The lowest BCUT2D eigenvalue weighted by atomic mass is 10.2. The van der Waals surface area contributed by atoms with Crippen molar-refractivity contribution in [2.75, 3.05) is 18.1 Å². The van der Waals surface area contributed by atoms with Crippen LogP contribution in [0.25, 0.3) is 0 Å². The minimum absolute atomic E-state index is 0.123. The summed E-state index contributed by atoms with van der Waals surface area (Å²) in [5.41, 5.74) is 0.885. The number of halogens is 1. The topological polar surface area (TPSA) is 68.7 Å². The van der Waals surface area contributed by atoms with E-state index in [0.717, 1.165) is 5.56 Å². The summed E-state index contributed by atoms with van der Waals surface area (Å²) in [7, 11) is 0. The van der Waals surface area contributed by atoms with Crippen LogP contribution >= 0.6 is 15.9 Å². The Morgan fingerprint density at radius 1 is 1.26 bits per heavy atom. The van der Waals surface area contributed by atoms with Crippen LogP contribution in [0.3, 0.4) is 0 Å². The van der Waals surface area contributed by atoms with Gasteiger partial charge in [-0.05, 0) is 33.6 Å². The molecule has 23 heavy (non-hydrogen) atoms. The van der Waals surface area contributed by atoms with E-state index in [0.29, 0.717) is 16.2 Å². The third kappa shape index (κ3) is 3.68. The first kappa shape index (κ1) is 15.5. The van der Waals surface area contributed by atoms with Gasteiger partial charge in [-0.3, -0.25) is 14.5 Å². The molecule has 2 aromatic rings. The number of carbonyl (C=O) groups excluding carboxylic acids is 2. The Bertz CT molecular complexity index is 736. The van der Waals surface area contributed by atoms with Crippen LogP contribution in [0.4, 0.5) is 5.82 Å². The molecule has 6 nitrogen and oxygen atoms in total. The van der Waals surface area contributed by atoms with E-state index in [4.69, 9.17) is 9.47 Å². The highest BCUT2D eigenvalue weighted by molar-refractivity contribution is 9.10. The molecule has 1 aliphatic rings. The van der Waals surface area contributed by atoms with E-state index in [1.807, 2.05) is 30.3 Å². The molecule has 0 aliphatic carbocycles. The van der Waals surface area contributed by atoms with Crippen molar-refractivity contribution in [2.45, 2.75) is 6.61 Å². The Morgan fingerprint density at radius 3 is 2.83 bits per heavy atom. The number of fused-ring (bicyclic) bond motifs is 1. The number of esters is 1. The Hall–Kier alpha value is -2.41. The second-order valence-corrected chi connectivity index (χ2v) is 5.68. The molecule has 0 spiro atoms. The lowest BCUT2D eigenvalue weighted by Gasteiger charge is -2.27. The lowest BCUT2D eigenvalue weighted by Crippen LogP contribution is -2.43. The van der Waals surface area contributed by atoms with E-state index in [9.17, 15) is 9.59 Å². The van der Waals surface area contributed by atoms with Gasteiger partial charge in [0, 0.05) is 0 Å². The van der Waals surface area contributed by atoms with Crippen molar-refractivity contribution in [1.82, 2.24) is 4.98 Å². The van der Waals surface area contributed by atoms with Crippen molar-refractivity contribution >= 4 is 33.6 Å². The molecule has 1 aromatic carbocycles. The number of pyridine rings is 1. The average Bonchev–Trinajstić information content (AvgIpc) is 2.57. The fourth-order valence-electron chi connectivity index (χ4n) is 2.13. The fraction of sp³-hybridized carbons (Fsp3) is 0.188. The van der Waals surface area contributed by atoms with Crippen LogP contribution in [-0.4, -0.2) is 30.0 Å². The molecule has 0 fully saturated rings. The van der Waals surface area contributed by atoms with Crippen LogP contribution in [0.5, 0.6) is 5.75 Å². The normalized spacial score (nSPS) is 13.3. The summed E-state index contributed by atoms with van der Waals surface area (Å²) in [5.74, 6) is -0.0625. The smallest absolute Gasteiger partial charge is 0.326 e. The molecule has 7 heteroatoms. The summed E-state index contributed by atoms with van der Waals surface area (Å²) in [6.07, 6.45) is 0. The van der Waals surface area contributed by atoms with E-state index in [-0.39, 0.29) is 25.7 Å². The summed E-state index contributed by atoms with van der Waals surface area (Å²) in [6, 6.07) is 12.8. The highest BCUT2D eigenvalue weighted by Crippen LogP contribution is 2.31. The standard InChI is InChI=1S/C16H13BrN2O4/c17-13-7-6-12-16(18-13)19(14(20)10-22-12)8-15(21)23-9-11-4-2-1-3-5-11/h1-7H,8-10H2. The van der Waals surface area contributed by atoms with Gasteiger partial charge in [-0.2, -0.15) is 0 Å². The number of amides is 1. The third-order valence-corrected chi connectivity index (χ3v) is 3.68. The summed E-state index contributed by atoms with van der Waals surface area (Å²) in [4.78, 5) is 29.5. The van der Waals surface area contributed by atoms with Crippen molar-refractivity contribution in [2.24, 2.45) is 0 Å². The monoisotopic (exact) mass is 376 g/mol. The molecular weight excluding hydrogens is 364 g/mol. The maximum absolute atomic E-state index is 12.0. The number of carbonyl (C=O) groups is 2. The van der Waals surface area contributed by atoms with Gasteiger partial charge in [0.2, 0.25) is 0 Å². The molecule has 1 amide bonds. The summed E-state index contributed by atoms with van der Waals surface area (Å²) < 4.78 is 11.1. The SMILES string of the molecule is O=C(CN1C(=O)COc2ccc(Br)nc21)OCc1ccccc1. The van der Waals surface area contributed by atoms with Gasteiger partial charge in [0.05, 0.1) is 0 Å². The summed E-state index contributed by atoms with van der Waals surface area (Å²) in [6.45, 7) is -0.162. The van der Waals surface area contributed by atoms with Gasteiger partial charge < -0.3 is 9.47 Å². The van der Waals surface area contributed by atoms with Crippen LogP contribution in [0, 0.1) is 0 Å². The second kappa shape index (κ2) is 6.78. The summed E-state index contributed by atoms with van der Waals surface area (Å²) >= 11 is 3.24. The van der Waals surface area contributed by atoms with E-state index in [1.165, 1.54) is 4.90 Å². The Kier molecular flexibility index (Phi) is 4.57. The Labute approximate surface area is 141 Å². The Morgan fingerprint density at radius 2 is 2.04 bits per heavy atom. The quantitative estimate of drug-likeness (QED) is 0.604. The number of anilines is 1. The van der Waals surface area contributed by atoms with Crippen LogP contribution in [0.2, 0.25) is 0 Å². The molecule has 0 radical (unpaired) electrons. The zero-order valence-electron chi connectivity index (χ0n) is 12.1. The lowest BCUT2D eigenvalue weighted by molar-refractivity contribution is -0.144. The van der Waals surface area contributed by atoms with Crippen LogP contribution in [0.1, 0.15) is 5.56 Å². The number of nitrogens with zero attached hydrogens (tertiary/aromatic N) is 2. The minimum Gasteiger partial charge on any atom is -0.480 e. The molecule has 118 valence electrons. The van der Waals surface area contributed by atoms with E-state index in [1.54, 1.807) is 12.1 Å². The zero-order valence-corrected chi connectivity index (χ0v) is 13.7. The minimum atomic E-state index is -0.503. The second-order valence-electron chi connectivity index (χ2n) is 4.87. The molecule has 0 N–H and O–H groups in total. The highest BCUT2D eigenvalue weighted by atomic mass is 79.9. The number of hydrogen-bond donors (Lipinski definition) is 0. The van der Waals surface area contributed by atoms with Crippen molar-refractivity contribution in [1.29, 1.82) is 0 Å². The number of hydrogen-bond acceptors (Lipinski definition) is 5. The molecule has 0 atom stereocenters. The molecule has 0 saturated heterocycles. The van der Waals surface area contributed by atoms with Gasteiger partial charge >= 0.3 is 5.97 Å².